The largest absolute Gasteiger partial charge is 0.207 e. The smallest absolute Gasteiger partial charge is 0.128 e. The zero-order chi connectivity index (χ0) is 10.8. The summed E-state index contributed by atoms with van der Waals surface area (Å²) in [6, 6.07) is 5.19. The summed E-state index contributed by atoms with van der Waals surface area (Å²) in [7, 11) is 0. The lowest BCUT2D eigenvalue weighted by Crippen LogP contribution is -2.20. The maximum atomic E-state index is 13.3. The van der Waals surface area contributed by atoms with Gasteiger partial charge in [-0.05, 0) is 31.5 Å². The Balaban J connectivity index is 3.31. The molecular weight excluding hydrogens is 184 g/mol. The highest BCUT2D eigenvalue weighted by molar-refractivity contribution is 5.32. The molecule has 0 bridgehead atoms. The van der Waals surface area contributed by atoms with Crippen molar-refractivity contribution in [1.82, 2.24) is 0 Å². The van der Waals surface area contributed by atoms with Crippen molar-refractivity contribution in [3.05, 3.63) is 35.4 Å². The van der Waals surface area contributed by atoms with Crippen LogP contribution in [-0.2, 0) is 5.41 Å². The molecule has 1 rings (SSSR count). The van der Waals surface area contributed by atoms with Crippen molar-refractivity contribution in [2.24, 2.45) is 0 Å². The number of hydrogen-bond donors (Lipinski definition) is 0. The fourth-order valence-electron chi connectivity index (χ4n) is 1.25. The van der Waals surface area contributed by atoms with Gasteiger partial charge in [-0.2, -0.15) is 5.26 Å². The van der Waals surface area contributed by atoms with Crippen molar-refractivity contribution < 1.29 is 8.78 Å². The van der Waals surface area contributed by atoms with E-state index >= 15 is 0 Å². The quantitative estimate of drug-likeness (QED) is 0.711. The van der Waals surface area contributed by atoms with Crippen LogP contribution < -0.4 is 0 Å². The van der Waals surface area contributed by atoms with Gasteiger partial charge in [-0.3, -0.25) is 0 Å². The molecule has 0 radical (unpaired) electrons. The SMILES string of the molecule is CCC(C)(C#N)c1cc(F)ccc1F. The Morgan fingerprint density at radius 1 is 1.43 bits per heavy atom. The zero-order valence-corrected chi connectivity index (χ0v) is 8.14. The van der Waals surface area contributed by atoms with Crippen molar-refractivity contribution in [3.8, 4) is 6.07 Å². The summed E-state index contributed by atoms with van der Waals surface area (Å²) in [5, 5.41) is 8.91. The molecule has 14 heavy (non-hydrogen) atoms. The first-order valence-electron chi connectivity index (χ1n) is 4.40. The molecule has 0 heterocycles. The van der Waals surface area contributed by atoms with Crippen LogP contribution in [0.2, 0.25) is 0 Å². The molecular formula is C11H11F2N. The second-order valence-corrected chi connectivity index (χ2v) is 3.42. The Bertz CT molecular complexity index is 381. The average molecular weight is 195 g/mol. The maximum absolute atomic E-state index is 13.3. The lowest BCUT2D eigenvalue weighted by molar-refractivity contribution is 0.514. The molecule has 74 valence electrons. The van der Waals surface area contributed by atoms with Crippen LogP contribution in [-0.4, -0.2) is 0 Å². The Morgan fingerprint density at radius 2 is 2.07 bits per heavy atom. The molecule has 0 aromatic heterocycles. The zero-order valence-electron chi connectivity index (χ0n) is 8.14. The van der Waals surface area contributed by atoms with Crippen LogP contribution in [0.3, 0.4) is 0 Å². The predicted octanol–water partition coefficient (Wildman–Crippen LogP) is 3.16. The lowest BCUT2D eigenvalue weighted by atomic mass is 9.81. The summed E-state index contributed by atoms with van der Waals surface area (Å²) >= 11 is 0. The summed E-state index contributed by atoms with van der Waals surface area (Å²) < 4.78 is 26.2. The van der Waals surface area contributed by atoms with Gasteiger partial charge >= 0.3 is 0 Å². The van der Waals surface area contributed by atoms with Crippen molar-refractivity contribution in [2.75, 3.05) is 0 Å². The van der Waals surface area contributed by atoms with Crippen LogP contribution in [0.15, 0.2) is 18.2 Å². The van der Waals surface area contributed by atoms with Gasteiger partial charge < -0.3 is 0 Å². The molecule has 1 aromatic carbocycles. The van der Waals surface area contributed by atoms with E-state index in [-0.39, 0.29) is 5.56 Å². The van der Waals surface area contributed by atoms with Crippen molar-refractivity contribution >= 4 is 0 Å². The van der Waals surface area contributed by atoms with Gasteiger partial charge in [0.1, 0.15) is 11.6 Å². The Kier molecular flexibility index (Phi) is 2.85. The van der Waals surface area contributed by atoms with Crippen LogP contribution in [0.1, 0.15) is 25.8 Å². The summed E-state index contributed by atoms with van der Waals surface area (Å²) in [6.07, 6.45) is 0.448. The fraction of sp³-hybridized carbons (Fsp3) is 0.364. The molecule has 1 nitrogen and oxygen atoms in total. The molecule has 0 N–H and O–H groups in total. The number of rotatable bonds is 2. The van der Waals surface area contributed by atoms with Gasteiger partial charge in [-0.25, -0.2) is 8.78 Å². The Labute approximate surface area is 82.0 Å². The molecule has 1 atom stereocenters. The first-order valence-corrected chi connectivity index (χ1v) is 4.40. The number of halogens is 2. The second kappa shape index (κ2) is 3.75. The number of benzene rings is 1. The van der Waals surface area contributed by atoms with Crippen molar-refractivity contribution in [1.29, 1.82) is 5.26 Å². The summed E-state index contributed by atoms with van der Waals surface area (Å²) in [4.78, 5) is 0. The van der Waals surface area contributed by atoms with Crippen LogP contribution >= 0.6 is 0 Å². The van der Waals surface area contributed by atoms with Crippen molar-refractivity contribution in [3.63, 3.8) is 0 Å². The van der Waals surface area contributed by atoms with Crippen molar-refractivity contribution in [2.45, 2.75) is 25.7 Å². The van der Waals surface area contributed by atoms with E-state index in [1.165, 1.54) is 0 Å². The van der Waals surface area contributed by atoms with E-state index < -0.39 is 17.0 Å². The number of hydrogen-bond acceptors (Lipinski definition) is 1. The Hall–Kier alpha value is -1.43. The topological polar surface area (TPSA) is 23.8 Å². The summed E-state index contributed by atoms with van der Waals surface area (Å²) in [5.74, 6) is -1.05. The average Bonchev–Trinajstić information content (AvgIpc) is 2.20. The van der Waals surface area contributed by atoms with E-state index in [0.717, 1.165) is 18.2 Å². The van der Waals surface area contributed by atoms with Crippen LogP contribution in [0.25, 0.3) is 0 Å². The van der Waals surface area contributed by atoms with E-state index in [2.05, 4.69) is 0 Å². The molecule has 0 fully saturated rings. The highest BCUT2D eigenvalue weighted by Gasteiger charge is 2.27. The molecule has 0 aliphatic rings. The molecule has 0 saturated carbocycles. The molecule has 0 amide bonds. The molecule has 0 aliphatic heterocycles. The molecule has 0 saturated heterocycles. The van der Waals surface area contributed by atoms with Gasteiger partial charge in [0.05, 0.1) is 11.5 Å². The highest BCUT2D eigenvalue weighted by Crippen LogP contribution is 2.29. The maximum Gasteiger partial charge on any atom is 0.128 e. The van der Waals surface area contributed by atoms with Crippen LogP contribution in [0.5, 0.6) is 0 Å². The molecule has 1 aromatic rings. The third-order valence-electron chi connectivity index (χ3n) is 2.48. The normalized spacial score (nSPS) is 14.5. The predicted molar refractivity (Wildman–Crippen MR) is 49.6 cm³/mol. The fourth-order valence-corrected chi connectivity index (χ4v) is 1.25. The van der Waals surface area contributed by atoms with Gasteiger partial charge in [-0.1, -0.05) is 6.92 Å². The number of nitrogens with zero attached hydrogens (tertiary/aromatic N) is 1. The minimum Gasteiger partial charge on any atom is -0.207 e. The lowest BCUT2D eigenvalue weighted by Gasteiger charge is -2.20. The van der Waals surface area contributed by atoms with Crippen LogP contribution in [0.4, 0.5) is 8.78 Å². The van der Waals surface area contributed by atoms with Gasteiger partial charge in [0, 0.05) is 5.56 Å². The minimum atomic E-state index is -0.952. The van der Waals surface area contributed by atoms with E-state index in [1.807, 2.05) is 6.07 Å². The van der Waals surface area contributed by atoms with Gasteiger partial charge in [-0.15, -0.1) is 0 Å². The third kappa shape index (κ3) is 1.74. The number of nitriles is 1. The van der Waals surface area contributed by atoms with Gasteiger partial charge in [0.2, 0.25) is 0 Å². The summed E-state index contributed by atoms with van der Waals surface area (Å²) in [6.45, 7) is 3.37. The highest BCUT2D eigenvalue weighted by atomic mass is 19.1. The monoisotopic (exact) mass is 195 g/mol. The van der Waals surface area contributed by atoms with Crippen LogP contribution in [0, 0.1) is 23.0 Å². The molecule has 0 aliphatic carbocycles. The second-order valence-electron chi connectivity index (χ2n) is 3.42. The molecule has 0 spiro atoms. The molecule has 1 unspecified atom stereocenters. The van der Waals surface area contributed by atoms with Gasteiger partial charge in [0.25, 0.3) is 0 Å². The standard InChI is InChI=1S/C11H11F2N/c1-3-11(2,7-14)9-6-8(12)4-5-10(9)13/h4-6H,3H2,1-2H3. The Morgan fingerprint density at radius 3 is 2.57 bits per heavy atom. The summed E-state index contributed by atoms with van der Waals surface area (Å²) in [5.41, 5.74) is -0.825. The van der Waals surface area contributed by atoms with E-state index in [0.29, 0.717) is 6.42 Å². The minimum absolute atomic E-state index is 0.127. The first kappa shape index (κ1) is 10.6. The van der Waals surface area contributed by atoms with E-state index in [4.69, 9.17) is 5.26 Å². The van der Waals surface area contributed by atoms with E-state index in [1.54, 1.807) is 13.8 Å². The van der Waals surface area contributed by atoms with Gasteiger partial charge in [0.15, 0.2) is 0 Å². The third-order valence-corrected chi connectivity index (χ3v) is 2.48. The first-order chi connectivity index (χ1) is 6.53. The molecule has 3 heteroatoms. The van der Waals surface area contributed by atoms with E-state index in [9.17, 15) is 8.78 Å².